The number of rotatable bonds is 4. The number of hydrogen-bond donors (Lipinski definition) is 0. The van der Waals surface area contributed by atoms with Crippen molar-refractivity contribution in [3.05, 3.63) is 40.4 Å². The molecule has 1 saturated heterocycles. The lowest BCUT2D eigenvalue weighted by Gasteiger charge is -2.35. The molecular weight excluding hydrogens is 318 g/mol. The normalized spacial score (nSPS) is 20.8. The molecule has 0 radical (unpaired) electrons. The van der Waals surface area contributed by atoms with Gasteiger partial charge in [0.2, 0.25) is 5.91 Å². The number of aromatic nitrogens is 2. The van der Waals surface area contributed by atoms with Gasteiger partial charge in [-0.05, 0) is 39.3 Å². The minimum Gasteiger partial charge on any atom is -0.372 e. The monoisotopic (exact) mass is 343 g/mol. The molecule has 134 valence electrons. The average molecular weight is 343 g/mol. The van der Waals surface area contributed by atoms with Crippen LogP contribution in [0.15, 0.2) is 29.1 Å². The van der Waals surface area contributed by atoms with E-state index in [1.807, 2.05) is 43.9 Å². The standard InChI is InChI=1S/C19H25N3O3/c1-13-11-21(12-14(2)25-13)18(23)9-6-10-22-15(3)20-17-8-5-4-7-16(17)19(22)24/h4-5,7-8,13-14H,6,9-12H2,1-3H3/t13-,14-/m0/s1. The molecule has 0 unspecified atom stereocenters. The Balaban J connectivity index is 1.65. The third kappa shape index (κ3) is 3.90. The van der Waals surface area contributed by atoms with Gasteiger partial charge in [-0.1, -0.05) is 12.1 Å². The second kappa shape index (κ2) is 7.35. The lowest BCUT2D eigenvalue weighted by molar-refractivity contribution is -0.143. The summed E-state index contributed by atoms with van der Waals surface area (Å²) in [6, 6.07) is 7.36. The van der Waals surface area contributed by atoms with Gasteiger partial charge in [0.1, 0.15) is 5.82 Å². The first kappa shape index (κ1) is 17.6. The van der Waals surface area contributed by atoms with Gasteiger partial charge in [-0.25, -0.2) is 4.98 Å². The summed E-state index contributed by atoms with van der Waals surface area (Å²) >= 11 is 0. The van der Waals surface area contributed by atoms with Crippen molar-refractivity contribution in [1.29, 1.82) is 0 Å². The van der Waals surface area contributed by atoms with Gasteiger partial charge >= 0.3 is 0 Å². The lowest BCUT2D eigenvalue weighted by Crippen LogP contribution is -2.48. The first-order valence-electron chi connectivity index (χ1n) is 8.85. The molecule has 2 heterocycles. The second-order valence-electron chi connectivity index (χ2n) is 6.79. The Bertz CT molecular complexity index is 820. The van der Waals surface area contributed by atoms with E-state index < -0.39 is 0 Å². The smallest absolute Gasteiger partial charge is 0.261 e. The van der Waals surface area contributed by atoms with E-state index in [1.165, 1.54) is 0 Å². The molecule has 1 fully saturated rings. The quantitative estimate of drug-likeness (QED) is 0.853. The minimum absolute atomic E-state index is 0.0378. The number of carbonyl (C=O) groups is 1. The Hall–Kier alpha value is -2.21. The van der Waals surface area contributed by atoms with Crippen LogP contribution in [0.25, 0.3) is 10.9 Å². The molecule has 0 saturated carbocycles. The van der Waals surface area contributed by atoms with E-state index >= 15 is 0 Å². The van der Waals surface area contributed by atoms with Gasteiger partial charge in [-0.3, -0.25) is 14.2 Å². The fourth-order valence-electron chi connectivity index (χ4n) is 3.47. The third-order valence-corrected chi connectivity index (χ3v) is 4.60. The molecule has 6 heteroatoms. The van der Waals surface area contributed by atoms with Gasteiger partial charge < -0.3 is 9.64 Å². The summed E-state index contributed by atoms with van der Waals surface area (Å²) in [6.07, 6.45) is 1.20. The van der Waals surface area contributed by atoms with Crippen LogP contribution in [0.3, 0.4) is 0 Å². The molecule has 3 rings (SSSR count). The van der Waals surface area contributed by atoms with Gasteiger partial charge in [0.05, 0.1) is 23.1 Å². The highest BCUT2D eigenvalue weighted by molar-refractivity contribution is 5.77. The van der Waals surface area contributed by atoms with Crippen molar-refractivity contribution in [3.8, 4) is 0 Å². The van der Waals surface area contributed by atoms with Gasteiger partial charge in [0.15, 0.2) is 0 Å². The molecule has 6 nitrogen and oxygen atoms in total. The fraction of sp³-hybridized carbons (Fsp3) is 0.526. The summed E-state index contributed by atoms with van der Waals surface area (Å²) in [4.78, 5) is 31.4. The molecule has 0 N–H and O–H groups in total. The van der Waals surface area contributed by atoms with Crippen molar-refractivity contribution in [2.24, 2.45) is 0 Å². The van der Waals surface area contributed by atoms with Gasteiger partial charge in [0, 0.05) is 26.1 Å². The number of fused-ring (bicyclic) bond motifs is 1. The molecule has 25 heavy (non-hydrogen) atoms. The van der Waals surface area contributed by atoms with E-state index in [1.54, 1.807) is 10.6 Å². The summed E-state index contributed by atoms with van der Waals surface area (Å²) in [7, 11) is 0. The minimum atomic E-state index is -0.0378. The number of aryl methyl sites for hydroxylation is 1. The zero-order valence-corrected chi connectivity index (χ0v) is 15.1. The predicted molar refractivity (Wildman–Crippen MR) is 96.6 cm³/mol. The summed E-state index contributed by atoms with van der Waals surface area (Å²) in [5.74, 6) is 0.811. The molecule has 1 aliphatic heterocycles. The van der Waals surface area contributed by atoms with Crippen molar-refractivity contribution in [2.45, 2.75) is 52.4 Å². The van der Waals surface area contributed by atoms with Crippen LogP contribution in [-0.2, 0) is 16.1 Å². The summed E-state index contributed by atoms with van der Waals surface area (Å²) in [5, 5.41) is 0.621. The van der Waals surface area contributed by atoms with Crippen molar-refractivity contribution < 1.29 is 9.53 Å². The molecule has 0 spiro atoms. The van der Waals surface area contributed by atoms with Gasteiger partial charge in [-0.2, -0.15) is 0 Å². The van der Waals surface area contributed by atoms with Crippen LogP contribution in [0, 0.1) is 6.92 Å². The number of morpholine rings is 1. The zero-order valence-electron chi connectivity index (χ0n) is 15.1. The van der Waals surface area contributed by atoms with Gasteiger partial charge in [0.25, 0.3) is 5.56 Å². The number of ether oxygens (including phenoxy) is 1. The van der Waals surface area contributed by atoms with Crippen molar-refractivity contribution in [3.63, 3.8) is 0 Å². The summed E-state index contributed by atoms with van der Waals surface area (Å²) in [6.45, 7) is 7.59. The van der Waals surface area contributed by atoms with E-state index in [0.717, 1.165) is 0 Å². The van der Waals surface area contributed by atoms with Crippen LogP contribution < -0.4 is 5.56 Å². The maximum atomic E-state index is 12.6. The van der Waals surface area contributed by atoms with Gasteiger partial charge in [-0.15, -0.1) is 0 Å². The van der Waals surface area contributed by atoms with E-state index in [-0.39, 0.29) is 23.7 Å². The molecule has 1 amide bonds. The molecule has 1 aromatic heterocycles. The third-order valence-electron chi connectivity index (χ3n) is 4.60. The fourth-order valence-corrected chi connectivity index (χ4v) is 3.47. The molecule has 1 aliphatic rings. The van der Waals surface area contributed by atoms with E-state index in [4.69, 9.17) is 4.74 Å². The Morgan fingerprint density at radius 2 is 1.92 bits per heavy atom. The molecule has 1 aromatic carbocycles. The number of hydrogen-bond acceptors (Lipinski definition) is 4. The highest BCUT2D eigenvalue weighted by atomic mass is 16.5. The van der Waals surface area contributed by atoms with E-state index in [2.05, 4.69) is 4.98 Å². The first-order valence-corrected chi connectivity index (χ1v) is 8.85. The largest absolute Gasteiger partial charge is 0.372 e. The number of nitrogens with zero attached hydrogens (tertiary/aromatic N) is 3. The van der Waals surface area contributed by atoms with E-state index in [0.29, 0.717) is 49.2 Å². The summed E-state index contributed by atoms with van der Waals surface area (Å²) in [5.41, 5.74) is 0.679. The number of amides is 1. The zero-order chi connectivity index (χ0) is 18.0. The van der Waals surface area contributed by atoms with Crippen LogP contribution >= 0.6 is 0 Å². The lowest BCUT2D eigenvalue weighted by atomic mass is 10.2. The maximum absolute atomic E-state index is 12.6. The molecule has 0 aliphatic carbocycles. The summed E-state index contributed by atoms with van der Waals surface area (Å²) < 4.78 is 7.33. The molecule has 2 aromatic rings. The van der Waals surface area contributed by atoms with Crippen molar-refractivity contribution in [1.82, 2.24) is 14.5 Å². The Labute approximate surface area is 147 Å². The number of para-hydroxylation sites is 1. The highest BCUT2D eigenvalue weighted by Crippen LogP contribution is 2.13. The molecule has 2 atom stereocenters. The van der Waals surface area contributed by atoms with Crippen molar-refractivity contribution in [2.75, 3.05) is 13.1 Å². The van der Waals surface area contributed by atoms with Crippen LogP contribution in [0.4, 0.5) is 0 Å². The van der Waals surface area contributed by atoms with E-state index in [9.17, 15) is 9.59 Å². The van der Waals surface area contributed by atoms with Crippen LogP contribution in [-0.4, -0.2) is 45.7 Å². The Kier molecular flexibility index (Phi) is 5.18. The highest BCUT2D eigenvalue weighted by Gasteiger charge is 2.25. The Morgan fingerprint density at radius 1 is 1.24 bits per heavy atom. The van der Waals surface area contributed by atoms with Crippen LogP contribution in [0.1, 0.15) is 32.5 Å². The van der Waals surface area contributed by atoms with Crippen molar-refractivity contribution >= 4 is 16.8 Å². The Morgan fingerprint density at radius 3 is 2.64 bits per heavy atom. The molecule has 0 bridgehead atoms. The maximum Gasteiger partial charge on any atom is 0.261 e. The van der Waals surface area contributed by atoms with Crippen LogP contribution in [0.5, 0.6) is 0 Å². The molecular formula is C19H25N3O3. The SMILES string of the molecule is Cc1nc2ccccc2c(=O)n1CCCC(=O)N1C[C@H](C)O[C@@H](C)C1. The number of carbonyl (C=O) groups excluding carboxylic acids is 1. The topological polar surface area (TPSA) is 64.4 Å². The van der Waals surface area contributed by atoms with Crippen LogP contribution in [0.2, 0.25) is 0 Å². The average Bonchev–Trinajstić information content (AvgIpc) is 2.56. The predicted octanol–water partition coefficient (Wildman–Crippen LogP) is 2.12. The first-order chi connectivity index (χ1) is 12.0. The second-order valence-corrected chi connectivity index (χ2v) is 6.79. The number of benzene rings is 1.